The minimum Gasteiger partial charge on any atom is -0.361 e. The molecule has 0 spiro atoms. The van der Waals surface area contributed by atoms with E-state index in [0.717, 1.165) is 11.1 Å². The molecule has 0 radical (unpaired) electrons. The van der Waals surface area contributed by atoms with Crippen LogP contribution in [0.5, 0.6) is 0 Å². The van der Waals surface area contributed by atoms with Crippen molar-refractivity contribution >= 4 is 28.3 Å². The molecule has 1 aromatic rings. The summed E-state index contributed by atoms with van der Waals surface area (Å²) in [5, 5.41) is 8.48. The fraction of sp³-hybridized carbons (Fsp3) is 0.300. The van der Waals surface area contributed by atoms with Gasteiger partial charge in [-0.05, 0) is 12.1 Å². The van der Waals surface area contributed by atoms with E-state index < -0.39 is 0 Å². The van der Waals surface area contributed by atoms with Crippen LogP contribution in [0.1, 0.15) is 6.42 Å². The Morgan fingerprint density at radius 1 is 1.31 bits per heavy atom. The van der Waals surface area contributed by atoms with E-state index in [2.05, 4.69) is 45.7 Å². The first-order valence-corrected chi connectivity index (χ1v) is 5.64. The number of hydrogen-bond donors (Lipinski definition) is 0. The van der Waals surface area contributed by atoms with Crippen molar-refractivity contribution in [1.82, 2.24) is 0 Å². The Balaban J connectivity index is 2.63. The molecule has 1 rings (SSSR count). The van der Waals surface area contributed by atoms with Crippen molar-refractivity contribution in [2.75, 3.05) is 16.0 Å². The van der Waals surface area contributed by atoms with Crippen LogP contribution < -0.4 is 4.90 Å². The number of alkyl halides is 1. The molecule has 1 aromatic carbocycles. The highest BCUT2D eigenvalue weighted by atomic mass is 127. The fourth-order valence-electron chi connectivity index (χ4n) is 1.08. The van der Waals surface area contributed by atoms with Gasteiger partial charge in [0.2, 0.25) is 0 Å². The average Bonchev–Trinajstić information content (AvgIpc) is 2.21. The molecular weight excluding hydrogens is 275 g/mol. The fourth-order valence-corrected chi connectivity index (χ4v) is 1.82. The number of benzene rings is 1. The van der Waals surface area contributed by atoms with Gasteiger partial charge in [0.05, 0.1) is 17.0 Å². The topological polar surface area (TPSA) is 27.0 Å². The molecule has 68 valence electrons. The molecule has 2 nitrogen and oxygen atoms in total. The molecule has 0 saturated heterocycles. The molecule has 0 aliphatic carbocycles. The van der Waals surface area contributed by atoms with Gasteiger partial charge in [-0.3, -0.25) is 0 Å². The third-order valence-corrected chi connectivity index (χ3v) is 2.58. The Labute approximate surface area is 92.3 Å². The van der Waals surface area contributed by atoms with E-state index in [1.165, 1.54) is 5.69 Å². The molecule has 13 heavy (non-hydrogen) atoms. The summed E-state index contributed by atoms with van der Waals surface area (Å²) in [6.45, 7) is 0.809. The summed E-state index contributed by atoms with van der Waals surface area (Å²) in [5.74, 6) is 0. The van der Waals surface area contributed by atoms with Crippen LogP contribution in [-0.2, 0) is 0 Å². The van der Waals surface area contributed by atoms with Crippen molar-refractivity contribution < 1.29 is 0 Å². The number of halogens is 1. The molecule has 0 fully saturated rings. The van der Waals surface area contributed by atoms with E-state index in [0.29, 0.717) is 6.42 Å². The zero-order valence-corrected chi connectivity index (χ0v) is 9.44. The van der Waals surface area contributed by atoms with Gasteiger partial charge in [0.1, 0.15) is 0 Å². The van der Waals surface area contributed by atoms with Gasteiger partial charge in [0, 0.05) is 12.2 Å². The first-order chi connectivity index (χ1) is 6.38. The van der Waals surface area contributed by atoms with Crippen LogP contribution in [0.15, 0.2) is 30.3 Å². The number of hydrogen-bond acceptors (Lipinski definition) is 2. The molecular formula is C10H11IN2. The molecule has 0 saturated carbocycles. The van der Waals surface area contributed by atoms with Crippen LogP contribution >= 0.6 is 22.6 Å². The van der Waals surface area contributed by atoms with Gasteiger partial charge in [-0.2, -0.15) is 5.26 Å². The van der Waals surface area contributed by atoms with Crippen LogP contribution in [0, 0.1) is 11.3 Å². The van der Waals surface area contributed by atoms with Gasteiger partial charge >= 0.3 is 0 Å². The second-order valence-electron chi connectivity index (χ2n) is 2.63. The lowest BCUT2D eigenvalue weighted by molar-refractivity contribution is 0.898. The van der Waals surface area contributed by atoms with Crippen LogP contribution in [-0.4, -0.2) is 11.1 Å². The van der Waals surface area contributed by atoms with Crippen LogP contribution in [0.25, 0.3) is 0 Å². The summed E-state index contributed by atoms with van der Waals surface area (Å²) >= 11 is 2.31. The predicted molar refractivity (Wildman–Crippen MR) is 62.9 cm³/mol. The summed E-state index contributed by atoms with van der Waals surface area (Å²) in [7, 11) is 0. The average molecular weight is 286 g/mol. The molecule has 0 N–H and O–H groups in total. The highest BCUT2D eigenvalue weighted by Gasteiger charge is 2.01. The smallest absolute Gasteiger partial charge is 0.0699 e. The van der Waals surface area contributed by atoms with Gasteiger partial charge in [0.15, 0.2) is 0 Å². The minimum atomic E-state index is 0.581. The molecule has 0 unspecified atom stereocenters. The Morgan fingerprint density at radius 3 is 2.54 bits per heavy atom. The van der Waals surface area contributed by atoms with Crippen LogP contribution in [0.2, 0.25) is 0 Å². The first kappa shape index (κ1) is 10.3. The van der Waals surface area contributed by atoms with Gasteiger partial charge in [-0.15, -0.1) is 0 Å². The number of nitrogens with zero attached hydrogens (tertiary/aromatic N) is 2. The van der Waals surface area contributed by atoms with Gasteiger partial charge in [-0.25, -0.2) is 0 Å². The lowest BCUT2D eigenvalue weighted by Crippen LogP contribution is -2.21. The van der Waals surface area contributed by atoms with E-state index >= 15 is 0 Å². The molecule has 0 aliphatic rings. The Bertz CT molecular complexity index is 279. The van der Waals surface area contributed by atoms with Gasteiger partial charge < -0.3 is 4.90 Å². The van der Waals surface area contributed by atoms with Crippen molar-refractivity contribution in [1.29, 1.82) is 5.26 Å². The zero-order chi connectivity index (χ0) is 9.52. The quantitative estimate of drug-likeness (QED) is 0.483. The van der Waals surface area contributed by atoms with E-state index in [1.807, 2.05) is 18.2 Å². The lowest BCUT2D eigenvalue weighted by Gasteiger charge is -2.20. The molecule has 0 amide bonds. The maximum atomic E-state index is 8.48. The molecule has 0 atom stereocenters. The predicted octanol–water partition coefficient (Wildman–Crippen LogP) is 2.80. The SMILES string of the molecule is N#CCCN(CI)c1ccccc1. The maximum absolute atomic E-state index is 8.48. The first-order valence-electron chi connectivity index (χ1n) is 4.11. The van der Waals surface area contributed by atoms with Gasteiger partial charge in [-0.1, -0.05) is 40.8 Å². The van der Waals surface area contributed by atoms with E-state index in [-0.39, 0.29) is 0 Å². The van der Waals surface area contributed by atoms with Crippen molar-refractivity contribution in [2.24, 2.45) is 0 Å². The summed E-state index contributed by atoms with van der Waals surface area (Å²) in [6, 6.07) is 12.3. The molecule has 0 aromatic heterocycles. The normalized spacial score (nSPS) is 9.23. The second kappa shape index (κ2) is 5.81. The highest BCUT2D eigenvalue weighted by Crippen LogP contribution is 2.14. The van der Waals surface area contributed by atoms with Crippen molar-refractivity contribution in [3.63, 3.8) is 0 Å². The number of nitriles is 1. The third kappa shape index (κ3) is 3.23. The number of anilines is 1. The van der Waals surface area contributed by atoms with Crippen LogP contribution in [0.3, 0.4) is 0 Å². The highest BCUT2D eigenvalue weighted by molar-refractivity contribution is 14.1. The minimum absolute atomic E-state index is 0.581. The standard InChI is InChI=1S/C10H11IN2/c11-9-13(8-4-7-12)10-5-2-1-3-6-10/h1-3,5-6H,4,8-9H2. The largest absolute Gasteiger partial charge is 0.361 e. The number of para-hydroxylation sites is 1. The third-order valence-electron chi connectivity index (χ3n) is 1.76. The van der Waals surface area contributed by atoms with Crippen LogP contribution in [0.4, 0.5) is 5.69 Å². The maximum Gasteiger partial charge on any atom is 0.0699 e. The molecule has 0 aliphatic heterocycles. The van der Waals surface area contributed by atoms with Crippen molar-refractivity contribution in [3.05, 3.63) is 30.3 Å². The summed E-state index contributed by atoms with van der Waals surface area (Å²) in [6.07, 6.45) is 0.581. The van der Waals surface area contributed by atoms with Crippen molar-refractivity contribution in [2.45, 2.75) is 6.42 Å². The van der Waals surface area contributed by atoms with Gasteiger partial charge in [0.25, 0.3) is 0 Å². The van der Waals surface area contributed by atoms with Crippen molar-refractivity contribution in [3.8, 4) is 6.07 Å². The van der Waals surface area contributed by atoms with E-state index in [4.69, 9.17) is 5.26 Å². The Kier molecular flexibility index (Phi) is 4.61. The number of rotatable bonds is 4. The van der Waals surface area contributed by atoms with E-state index in [1.54, 1.807) is 0 Å². The summed E-state index contributed by atoms with van der Waals surface area (Å²) in [5.41, 5.74) is 1.19. The molecule has 0 heterocycles. The molecule has 3 heteroatoms. The Morgan fingerprint density at radius 2 is 2.00 bits per heavy atom. The molecule has 0 bridgehead atoms. The lowest BCUT2D eigenvalue weighted by atomic mass is 10.3. The second-order valence-corrected chi connectivity index (χ2v) is 3.31. The monoisotopic (exact) mass is 286 g/mol. The zero-order valence-electron chi connectivity index (χ0n) is 7.28. The Hall–Kier alpha value is -0.760. The summed E-state index contributed by atoms with van der Waals surface area (Å²) < 4.78 is 0.920. The van der Waals surface area contributed by atoms with E-state index in [9.17, 15) is 0 Å². The summed E-state index contributed by atoms with van der Waals surface area (Å²) in [4.78, 5) is 2.18.